The second-order valence-corrected chi connectivity index (χ2v) is 4.98. The molecule has 5 nitrogen and oxygen atoms in total. The number of hydrogen-bond donors (Lipinski definition) is 2. The summed E-state index contributed by atoms with van der Waals surface area (Å²) in [5.41, 5.74) is 2.04. The summed E-state index contributed by atoms with van der Waals surface area (Å²) >= 11 is 0. The standard InChI is InChI=1S/C15H13NO.C3H6O3/c1-2-17-13-7-8-15-12(10-13)9-11-5-3-4-6-14(11)16-15;1-2(4)3(5)6/h3-10H,2H2,1H3;2,4H,1H3,(H,5,6). The molecule has 1 unspecified atom stereocenters. The molecule has 0 aliphatic heterocycles. The van der Waals surface area contributed by atoms with Gasteiger partial charge in [-0.25, -0.2) is 9.78 Å². The van der Waals surface area contributed by atoms with Crippen molar-refractivity contribution >= 4 is 27.8 Å². The third-order valence-electron chi connectivity index (χ3n) is 3.16. The predicted octanol–water partition coefficient (Wildman–Crippen LogP) is 3.24. The Balaban J connectivity index is 0.000000277. The maximum atomic E-state index is 9.45. The van der Waals surface area contributed by atoms with E-state index in [1.807, 2.05) is 43.3 Å². The predicted molar refractivity (Wildman–Crippen MR) is 89.7 cm³/mol. The molecule has 120 valence electrons. The molecule has 2 N–H and O–H groups in total. The lowest BCUT2D eigenvalue weighted by Crippen LogP contribution is -2.13. The fourth-order valence-corrected chi connectivity index (χ4v) is 2.02. The summed E-state index contributed by atoms with van der Waals surface area (Å²) in [5, 5.41) is 18.1. The van der Waals surface area contributed by atoms with Crippen LogP contribution in [-0.4, -0.2) is 33.9 Å². The van der Waals surface area contributed by atoms with Crippen molar-refractivity contribution in [1.29, 1.82) is 0 Å². The van der Waals surface area contributed by atoms with Crippen molar-refractivity contribution in [2.24, 2.45) is 0 Å². The first-order chi connectivity index (χ1) is 11.0. The van der Waals surface area contributed by atoms with Crippen LogP contribution in [0.2, 0.25) is 0 Å². The summed E-state index contributed by atoms with van der Waals surface area (Å²) in [4.78, 5) is 14.1. The van der Waals surface area contributed by atoms with E-state index in [4.69, 9.17) is 14.9 Å². The first-order valence-corrected chi connectivity index (χ1v) is 7.34. The second kappa shape index (κ2) is 7.56. The molecule has 0 amide bonds. The van der Waals surface area contributed by atoms with E-state index in [1.54, 1.807) is 0 Å². The van der Waals surface area contributed by atoms with E-state index >= 15 is 0 Å². The van der Waals surface area contributed by atoms with Crippen LogP contribution in [0.5, 0.6) is 5.75 Å². The summed E-state index contributed by atoms with van der Waals surface area (Å²) in [6.45, 7) is 3.87. The average Bonchev–Trinajstić information content (AvgIpc) is 2.53. The Morgan fingerprint density at radius 3 is 2.43 bits per heavy atom. The zero-order chi connectivity index (χ0) is 16.8. The summed E-state index contributed by atoms with van der Waals surface area (Å²) in [7, 11) is 0. The molecular formula is C18H19NO4. The van der Waals surface area contributed by atoms with Crippen LogP contribution in [0, 0.1) is 0 Å². The van der Waals surface area contributed by atoms with Gasteiger partial charge in [-0.05, 0) is 44.2 Å². The van der Waals surface area contributed by atoms with E-state index in [0.29, 0.717) is 6.61 Å². The lowest BCUT2D eigenvalue weighted by atomic mass is 10.1. The number of hydrogen-bond acceptors (Lipinski definition) is 4. The third-order valence-corrected chi connectivity index (χ3v) is 3.16. The molecule has 5 heteroatoms. The molecule has 0 radical (unpaired) electrons. The van der Waals surface area contributed by atoms with Gasteiger partial charge in [0, 0.05) is 10.8 Å². The highest BCUT2D eigenvalue weighted by atomic mass is 16.5. The topological polar surface area (TPSA) is 79.7 Å². The minimum Gasteiger partial charge on any atom is -0.494 e. The number of fused-ring (bicyclic) bond motifs is 2. The fourth-order valence-electron chi connectivity index (χ4n) is 2.02. The molecule has 1 aromatic heterocycles. The Kier molecular flexibility index (Phi) is 5.49. The number of ether oxygens (including phenoxy) is 1. The molecular weight excluding hydrogens is 294 g/mol. The number of pyridine rings is 1. The summed E-state index contributed by atoms with van der Waals surface area (Å²) < 4.78 is 5.50. The quantitative estimate of drug-likeness (QED) is 0.726. The van der Waals surface area contributed by atoms with Crippen LogP contribution in [0.3, 0.4) is 0 Å². The molecule has 3 rings (SSSR count). The third kappa shape index (κ3) is 4.40. The Hall–Kier alpha value is -2.66. The van der Waals surface area contributed by atoms with Crippen molar-refractivity contribution in [3.63, 3.8) is 0 Å². The van der Waals surface area contributed by atoms with Gasteiger partial charge in [0.05, 0.1) is 17.6 Å². The molecule has 2 aromatic carbocycles. The van der Waals surface area contributed by atoms with Crippen molar-refractivity contribution < 1.29 is 19.7 Å². The lowest BCUT2D eigenvalue weighted by molar-refractivity contribution is -0.145. The normalized spacial score (nSPS) is 11.6. The van der Waals surface area contributed by atoms with Crippen LogP contribution in [0.4, 0.5) is 0 Å². The molecule has 0 aliphatic carbocycles. The second-order valence-electron chi connectivity index (χ2n) is 4.98. The van der Waals surface area contributed by atoms with Gasteiger partial charge in [-0.2, -0.15) is 0 Å². The number of carbonyl (C=O) groups is 1. The van der Waals surface area contributed by atoms with Gasteiger partial charge in [-0.15, -0.1) is 0 Å². The Bertz CT molecular complexity index is 814. The van der Waals surface area contributed by atoms with Gasteiger partial charge in [0.25, 0.3) is 0 Å². The molecule has 0 bridgehead atoms. The number of aliphatic hydroxyl groups is 1. The molecule has 0 fully saturated rings. The van der Waals surface area contributed by atoms with Crippen molar-refractivity contribution in [3.8, 4) is 5.75 Å². The van der Waals surface area contributed by atoms with Crippen LogP contribution in [0.25, 0.3) is 21.8 Å². The molecule has 0 saturated carbocycles. The van der Waals surface area contributed by atoms with Gasteiger partial charge in [0.2, 0.25) is 0 Å². The van der Waals surface area contributed by atoms with Crippen LogP contribution in [0.15, 0.2) is 48.5 Å². The first-order valence-electron chi connectivity index (χ1n) is 7.34. The van der Waals surface area contributed by atoms with E-state index in [-0.39, 0.29) is 0 Å². The number of aromatic nitrogens is 1. The molecule has 0 aliphatic rings. The van der Waals surface area contributed by atoms with Crippen LogP contribution < -0.4 is 4.74 Å². The fraction of sp³-hybridized carbons (Fsp3) is 0.222. The van der Waals surface area contributed by atoms with E-state index in [9.17, 15) is 4.79 Å². The zero-order valence-electron chi connectivity index (χ0n) is 13.1. The number of benzene rings is 2. The highest BCUT2D eigenvalue weighted by Gasteiger charge is 2.02. The summed E-state index contributed by atoms with van der Waals surface area (Å²) in [5.74, 6) is -0.285. The van der Waals surface area contributed by atoms with Gasteiger partial charge < -0.3 is 14.9 Å². The number of aliphatic carboxylic acids is 1. The van der Waals surface area contributed by atoms with Gasteiger partial charge in [-0.1, -0.05) is 18.2 Å². The monoisotopic (exact) mass is 313 g/mol. The lowest BCUT2D eigenvalue weighted by Gasteiger charge is -2.05. The van der Waals surface area contributed by atoms with Gasteiger partial charge >= 0.3 is 5.97 Å². The summed E-state index contributed by atoms with van der Waals surface area (Å²) in [6.07, 6.45) is -1.23. The highest BCUT2D eigenvalue weighted by Crippen LogP contribution is 2.23. The van der Waals surface area contributed by atoms with Gasteiger partial charge in [0.1, 0.15) is 11.9 Å². The highest BCUT2D eigenvalue weighted by molar-refractivity contribution is 5.93. The van der Waals surface area contributed by atoms with E-state index in [2.05, 4.69) is 17.1 Å². The van der Waals surface area contributed by atoms with Gasteiger partial charge in [-0.3, -0.25) is 0 Å². The molecule has 1 heterocycles. The number of rotatable bonds is 3. The number of carboxylic acids is 1. The number of nitrogens with zero attached hydrogens (tertiary/aromatic N) is 1. The minimum atomic E-state index is -1.23. The maximum Gasteiger partial charge on any atom is 0.332 e. The largest absolute Gasteiger partial charge is 0.494 e. The maximum absolute atomic E-state index is 9.45. The molecule has 1 atom stereocenters. The first kappa shape index (κ1) is 16.7. The number of para-hydroxylation sites is 1. The van der Waals surface area contributed by atoms with Crippen molar-refractivity contribution in [1.82, 2.24) is 4.98 Å². The van der Waals surface area contributed by atoms with Crippen molar-refractivity contribution in [3.05, 3.63) is 48.5 Å². The van der Waals surface area contributed by atoms with Crippen LogP contribution in [-0.2, 0) is 4.79 Å². The Labute approximate surface area is 134 Å². The summed E-state index contributed by atoms with van der Waals surface area (Å²) in [6, 6.07) is 16.3. The number of aliphatic hydroxyl groups excluding tert-OH is 1. The SMILES string of the molecule is CC(O)C(=O)O.CCOc1ccc2nc3ccccc3cc2c1. The van der Waals surface area contributed by atoms with Crippen LogP contribution in [0.1, 0.15) is 13.8 Å². The average molecular weight is 313 g/mol. The van der Waals surface area contributed by atoms with E-state index < -0.39 is 12.1 Å². The van der Waals surface area contributed by atoms with E-state index in [0.717, 1.165) is 27.6 Å². The van der Waals surface area contributed by atoms with Crippen LogP contribution >= 0.6 is 0 Å². The van der Waals surface area contributed by atoms with Gasteiger partial charge in [0.15, 0.2) is 0 Å². The van der Waals surface area contributed by atoms with Crippen molar-refractivity contribution in [2.45, 2.75) is 20.0 Å². The molecule has 3 aromatic rings. The minimum absolute atomic E-state index is 0.687. The Morgan fingerprint density at radius 1 is 1.13 bits per heavy atom. The molecule has 0 saturated heterocycles. The number of carboxylic acid groups (broad SMARTS) is 1. The smallest absolute Gasteiger partial charge is 0.332 e. The zero-order valence-corrected chi connectivity index (χ0v) is 13.1. The molecule has 0 spiro atoms. The molecule has 23 heavy (non-hydrogen) atoms. The van der Waals surface area contributed by atoms with Crippen molar-refractivity contribution in [2.75, 3.05) is 6.61 Å². The Morgan fingerprint density at radius 2 is 1.78 bits per heavy atom. The van der Waals surface area contributed by atoms with E-state index in [1.165, 1.54) is 6.92 Å².